The zero-order chi connectivity index (χ0) is 7.94. The van der Waals surface area contributed by atoms with Gasteiger partial charge in [-0.15, -0.1) is 0 Å². The highest BCUT2D eigenvalue weighted by atomic mass is 16.7. The van der Waals surface area contributed by atoms with Crippen molar-refractivity contribution in [1.82, 2.24) is 0 Å². The second kappa shape index (κ2) is 5.49. The van der Waals surface area contributed by atoms with Crippen LogP contribution in [0.1, 0.15) is 0 Å². The second-order valence-electron chi connectivity index (χ2n) is 2.50. The molecule has 1 saturated heterocycles. The number of rotatable bonds is 6. The van der Waals surface area contributed by atoms with E-state index in [1.807, 2.05) is 0 Å². The van der Waals surface area contributed by atoms with Crippen molar-refractivity contribution in [1.29, 1.82) is 0 Å². The molecule has 4 heteroatoms. The molecule has 0 bridgehead atoms. The van der Waals surface area contributed by atoms with Gasteiger partial charge in [-0.3, -0.25) is 0 Å². The average molecular weight is 162 g/mol. The lowest BCUT2D eigenvalue weighted by Crippen LogP contribution is -2.31. The van der Waals surface area contributed by atoms with E-state index in [1.54, 1.807) is 7.11 Å². The van der Waals surface area contributed by atoms with Crippen LogP contribution in [0.15, 0.2) is 0 Å². The van der Waals surface area contributed by atoms with Crippen LogP contribution in [0, 0.1) is 5.92 Å². The first-order chi connectivity index (χ1) is 5.43. The molecule has 0 aromatic rings. The fraction of sp³-hybridized carbons (Fsp3) is 1.00. The predicted octanol–water partition coefficient (Wildman–Crippen LogP) is 0.227. The molecular formula is C7H14O4. The summed E-state index contributed by atoms with van der Waals surface area (Å²) in [6.07, 6.45) is 0. The van der Waals surface area contributed by atoms with Crippen LogP contribution < -0.4 is 0 Å². The summed E-state index contributed by atoms with van der Waals surface area (Å²) in [6.45, 7) is 2.98. The summed E-state index contributed by atoms with van der Waals surface area (Å²) in [5, 5.41) is 0. The molecule has 0 radical (unpaired) electrons. The molecule has 1 rings (SSSR count). The predicted molar refractivity (Wildman–Crippen MR) is 38.1 cm³/mol. The summed E-state index contributed by atoms with van der Waals surface area (Å²) >= 11 is 0. The van der Waals surface area contributed by atoms with Gasteiger partial charge in [-0.1, -0.05) is 0 Å². The molecule has 0 spiro atoms. The van der Waals surface area contributed by atoms with E-state index in [-0.39, 0.29) is 0 Å². The maximum Gasteiger partial charge on any atom is 0.149 e. The number of hydrogen-bond donors (Lipinski definition) is 0. The van der Waals surface area contributed by atoms with Crippen molar-refractivity contribution in [2.45, 2.75) is 0 Å². The van der Waals surface area contributed by atoms with Crippen molar-refractivity contribution >= 4 is 0 Å². The van der Waals surface area contributed by atoms with E-state index in [2.05, 4.69) is 4.74 Å². The van der Waals surface area contributed by atoms with Gasteiger partial charge in [-0.2, -0.15) is 0 Å². The molecule has 0 N–H and O–H groups in total. The van der Waals surface area contributed by atoms with Gasteiger partial charge >= 0.3 is 0 Å². The van der Waals surface area contributed by atoms with E-state index in [0.29, 0.717) is 19.5 Å². The Balaban J connectivity index is 1.73. The van der Waals surface area contributed by atoms with Gasteiger partial charge in [0.1, 0.15) is 13.6 Å². The number of methoxy groups -OCH3 is 1. The van der Waals surface area contributed by atoms with Crippen molar-refractivity contribution in [2.75, 3.05) is 40.5 Å². The van der Waals surface area contributed by atoms with Crippen LogP contribution >= 0.6 is 0 Å². The average Bonchev–Trinajstić information content (AvgIpc) is 1.93. The van der Waals surface area contributed by atoms with E-state index in [1.165, 1.54) is 0 Å². The molecule has 0 unspecified atom stereocenters. The monoisotopic (exact) mass is 162 g/mol. The van der Waals surface area contributed by atoms with Crippen molar-refractivity contribution < 1.29 is 18.9 Å². The molecule has 4 nitrogen and oxygen atoms in total. The fourth-order valence-electron chi connectivity index (χ4n) is 0.772. The maximum atomic E-state index is 5.16. The second-order valence-corrected chi connectivity index (χ2v) is 2.50. The van der Waals surface area contributed by atoms with Crippen LogP contribution in [0.5, 0.6) is 0 Å². The minimum absolute atomic E-state index is 0.293. The van der Waals surface area contributed by atoms with Gasteiger partial charge in [0, 0.05) is 13.0 Å². The van der Waals surface area contributed by atoms with E-state index in [9.17, 15) is 0 Å². The smallest absolute Gasteiger partial charge is 0.149 e. The van der Waals surface area contributed by atoms with Crippen molar-refractivity contribution in [3.05, 3.63) is 0 Å². The summed E-state index contributed by atoms with van der Waals surface area (Å²) in [6, 6.07) is 0. The molecule has 1 aliphatic heterocycles. The lowest BCUT2D eigenvalue weighted by Gasteiger charge is -2.25. The van der Waals surface area contributed by atoms with E-state index in [4.69, 9.17) is 14.2 Å². The Morgan fingerprint density at radius 3 is 2.64 bits per heavy atom. The highest BCUT2D eigenvalue weighted by molar-refractivity contribution is 4.63. The largest absolute Gasteiger partial charge is 0.381 e. The Kier molecular flexibility index (Phi) is 4.45. The first kappa shape index (κ1) is 8.93. The van der Waals surface area contributed by atoms with Crippen molar-refractivity contribution in [3.8, 4) is 0 Å². The summed E-state index contributed by atoms with van der Waals surface area (Å²) in [4.78, 5) is 0. The van der Waals surface area contributed by atoms with Crippen LogP contribution in [0.2, 0.25) is 0 Å². The highest BCUT2D eigenvalue weighted by Crippen LogP contribution is 2.09. The Labute approximate surface area is 66.4 Å². The molecule has 0 aliphatic carbocycles. The van der Waals surface area contributed by atoms with Crippen LogP contribution in [0.3, 0.4) is 0 Å². The topological polar surface area (TPSA) is 36.9 Å². The zero-order valence-corrected chi connectivity index (χ0v) is 6.75. The quantitative estimate of drug-likeness (QED) is 0.414. The fourth-order valence-corrected chi connectivity index (χ4v) is 0.772. The molecule has 0 aromatic heterocycles. The molecule has 0 amide bonds. The Morgan fingerprint density at radius 2 is 2.09 bits per heavy atom. The Morgan fingerprint density at radius 1 is 1.27 bits per heavy atom. The normalized spacial score (nSPS) is 18.3. The molecule has 1 fully saturated rings. The molecule has 1 aliphatic rings. The van der Waals surface area contributed by atoms with Gasteiger partial charge in [-0.05, 0) is 0 Å². The van der Waals surface area contributed by atoms with Gasteiger partial charge in [0.25, 0.3) is 0 Å². The third kappa shape index (κ3) is 3.67. The maximum absolute atomic E-state index is 5.16. The van der Waals surface area contributed by atoms with Crippen LogP contribution in [0.4, 0.5) is 0 Å². The molecular weight excluding hydrogens is 148 g/mol. The summed E-state index contributed by atoms with van der Waals surface area (Å²) in [5.41, 5.74) is 0. The third-order valence-corrected chi connectivity index (χ3v) is 1.43. The zero-order valence-electron chi connectivity index (χ0n) is 6.75. The highest BCUT2D eigenvalue weighted by Gasteiger charge is 2.17. The van der Waals surface area contributed by atoms with Crippen molar-refractivity contribution in [2.24, 2.45) is 5.92 Å². The molecule has 11 heavy (non-hydrogen) atoms. The third-order valence-electron chi connectivity index (χ3n) is 1.43. The van der Waals surface area contributed by atoms with Crippen molar-refractivity contribution in [3.63, 3.8) is 0 Å². The number of hydrogen-bond acceptors (Lipinski definition) is 4. The Hall–Kier alpha value is -0.160. The van der Waals surface area contributed by atoms with Crippen LogP contribution in [0.25, 0.3) is 0 Å². The Bertz CT molecular complexity index is 92.4. The molecule has 0 saturated carbocycles. The summed E-state index contributed by atoms with van der Waals surface area (Å²) < 4.78 is 19.7. The first-order valence-corrected chi connectivity index (χ1v) is 3.65. The molecule has 66 valence electrons. The summed E-state index contributed by atoms with van der Waals surface area (Å²) in [5.74, 6) is 0.571. The lowest BCUT2D eigenvalue weighted by atomic mass is 10.1. The minimum atomic E-state index is 0.293. The molecule has 1 heterocycles. The van der Waals surface area contributed by atoms with E-state index < -0.39 is 0 Å². The van der Waals surface area contributed by atoms with Crippen LogP contribution in [-0.4, -0.2) is 40.5 Å². The van der Waals surface area contributed by atoms with E-state index >= 15 is 0 Å². The van der Waals surface area contributed by atoms with Gasteiger partial charge in [0.05, 0.1) is 19.8 Å². The van der Waals surface area contributed by atoms with Gasteiger partial charge < -0.3 is 18.9 Å². The standard InChI is InChI=1S/C7H14O4/c1-8-5-11-6-10-4-7-2-9-3-7/h7H,2-6H2,1H3. The lowest BCUT2D eigenvalue weighted by molar-refractivity contribution is -0.147. The van der Waals surface area contributed by atoms with E-state index in [0.717, 1.165) is 19.8 Å². The molecule has 0 atom stereocenters. The minimum Gasteiger partial charge on any atom is -0.381 e. The van der Waals surface area contributed by atoms with Gasteiger partial charge in [0.15, 0.2) is 0 Å². The van der Waals surface area contributed by atoms with Gasteiger partial charge in [-0.25, -0.2) is 0 Å². The SMILES string of the molecule is COCOCOCC1COC1. The molecule has 0 aromatic carbocycles. The van der Waals surface area contributed by atoms with Gasteiger partial charge in [0.2, 0.25) is 0 Å². The first-order valence-electron chi connectivity index (χ1n) is 3.65. The summed E-state index contributed by atoms with van der Waals surface area (Å²) in [7, 11) is 1.58. The van der Waals surface area contributed by atoms with Crippen LogP contribution in [-0.2, 0) is 18.9 Å². The number of ether oxygens (including phenoxy) is 4.